The van der Waals surface area contributed by atoms with Gasteiger partial charge in [0, 0.05) is 36.0 Å². The Morgan fingerprint density at radius 1 is 1.27 bits per heavy atom. The fourth-order valence-corrected chi connectivity index (χ4v) is 4.38. The normalized spacial score (nSPS) is 26.5. The topological polar surface area (TPSA) is 74.7 Å². The van der Waals surface area contributed by atoms with E-state index in [1.54, 1.807) is 18.5 Å². The first-order valence-corrected chi connectivity index (χ1v) is 9.11. The zero-order chi connectivity index (χ0) is 17.7. The van der Waals surface area contributed by atoms with Crippen molar-refractivity contribution in [2.75, 3.05) is 26.2 Å². The highest BCUT2D eigenvalue weighted by Gasteiger charge is 2.57. The predicted molar refractivity (Wildman–Crippen MR) is 95.6 cm³/mol. The minimum Gasteiger partial charge on any atom is -0.504 e. The van der Waals surface area contributed by atoms with E-state index < -0.39 is 0 Å². The van der Waals surface area contributed by atoms with E-state index in [-0.39, 0.29) is 17.6 Å². The van der Waals surface area contributed by atoms with Gasteiger partial charge in [-0.25, -0.2) is 0 Å². The molecule has 2 N–H and O–H groups in total. The van der Waals surface area contributed by atoms with Gasteiger partial charge in [0.15, 0.2) is 11.5 Å². The number of phenolic OH excluding ortho intramolecular Hbond substituents is 1. The summed E-state index contributed by atoms with van der Waals surface area (Å²) in [7, 11) is 0. The summed E-state index contributed by atoms with van der Waals surface area (Å²) in [6.45, 7) is 3.33. The van der Waals surface area contributed by atoms with Gasteiger partial charge in [0.05, 0.1) is 6.54 Å². The molecule has 1 saturated carbocycles. The molecule has 2 aliphatic heterocycles. The molecule has 1 unspecified atom stereocenters. The fraction of sp³-hybridized carbons (Fsp3) is 0.400. The lowest BCUT2D eigenvalue weighted by atomic mass is 10.0. The maximum atomic E-state index is 12.9. The number of amides is 1. The van der Waals surface area contributed by atoms with Crippen molar-refractivity contribution >= 4 is 5.91 Å². The molecule has 0 radical (unpaired) electrons. The lowest BCUT2D eigenvalue weighted by molar-refractivity contribution is -0.134. The van der Waals surface area contributed by atoms with Crippen molar-refractivity contribution in [3.05, 3.63) is 42.2 Å². The maximum absolute atomic E-state index is 12.9. The number of fused-ring (bicyclic) bond motifs is 2. The first-order valence-electron chi connectivity index (χ1n) is 9.11. The van der Waals surface area contributed by atoms with Gasteiger partial charge < -0.3 is 20.1 Å². The first kappa shape index (κ1) is 15.6. The molecule has 5 rings (SSSR count). The van der Waals surface area contributed by atoms with E-state index in [2.05, 4.69) is 10.3 Å². The largest absolute Gasteiger partial charge is 0.504 e. The van der Waals surface area contributed by atoms with Gasteiger partial charge in [0.1, 0.15) is 6.61 Å². The first-order chi connectivity index (χ1) is 12.7. The van der Waals surface area contributed by atoms with Gasteiger partial charge in [-0.05, 0) is 48.7 Å². The van der Waals surface area contributed by atoms with Crippen LogP contribution in [0.4, 0.5) is 0 Å². The quantitative estimate of drug-likeness (QED) is 0.860. The summed E-state index contributed by atoms with van der Waals surface area (Å²) in [5.41, 5.74) is 2.65. The number of piperidine rings is 1. The fourth-order valence-electron chi connectivity index (χ4n) is 4.38. The number of ether oxygens (including phenoxy) is 1. The Hall–Kier alpha value is -2.60. The number of carbonyl (C=O) groups excluding carboxylic acids is 1. The molecule has 3 aliphatic rings. The van der Waals surface area contributed by atoms with Crippen molar-refractivity contribution in [1.29, 1.82) is 0 Å². The van der Waals surface area contributed by atoms with Crippen LogP contribution in [0, 0.1) is 17.8 Å². The van der Waals surface area contributed by atoms with Crippen LogP contribution < -0.4 is 10.1 Å². The lowest BCUT2D eigenvalue weighted by Gasteiger charge is -2.21. The number of benzene rings is 1. The summed E-state index contributed by atoms with van der Waals surface area (Å²) < 4.78 is 5.77. The Bertz CT molecular complexity index is 845. The highest BCUT2D eigenvalue weighted by atomic mass is 16.5. The van der Waals surface area contributed by atoms with Gasteiger partial charge in [-0.2, -0.15) is 0 Å². The number of nitrogens with one attached hydrogen (secondary N) is 1. The third kappa shape index (κ3) is 2.52. The summed E-state index contributed by atoms with van der Waals surface area (Å²) >= 11 is 0. The average molecular weight is 351 g/mol. The van der Waals surface area contributed by atoms with E-state index >= 15 is 0 Å². The molecular weight excluding hydrogens is 330 g/mol. The molecule has 1 saturated heterocycles. The van der Waals surface area contributed by atoms with Crippen LogP contribution in [0.5, 0.6) is 11.5 Å². The molecule has 2 aromatic rings. The number of rotatable bonds is 2. The number of hydrogen-bond acceptors (Lipinski definition) is 5. The van der Waals surface area contributed by atoms with Gasteiger partial charge in [0.2, 0.25) is 5.91 Å². The highest BCUT2D eigenvalue weighted by Crippen LogP contribution is 2.50. The molecule has 6 nitrogen and oxygen atoms in total. The zero-order valence-corrected chi connectivity index (χ0v) is 14.4. The van der Waals surface area contributed by atoms with Crippen LogP contribution >= 0.6 is 0 Å². The number of phenols is 1. The number of nitrogens with zero attached hydrogens (tertiary/aromatic N) is 2. The lowest BCUT2D eigenvalue weighted by Crippen LogP contribution is -2.36. The third-order valence-corrected chi connectivity index (χ3v) is 5.80. The molecule has 1 aromatic heterocycles. The summed E-state index contributed by atoms with van der Waals surface area (Å²) in [6.07, 6.45) is 3.48. The van der Waals surface area contributed by atoms with Crippen LogP contribution in [0.25, 0.3) is 11.1 Å². The molecule has 26 heavy (non-hydrogen) atoms. The molecule has 1 amide bonds. The van der Waals surface area contributed by atoms with Crippen molar-refractivity contribution in [2.45, 2.75) is 6.54 Å². The third-order valence-electron chi connectivity index (χ3n) is 5.80. The molecule has 1 aromatic carbocycles. The molecular formula is C20H21N3O3. The van der Waals surface area contributed by atoms with E-state index in [4.69, 9.17) is 4.74 Å². The van der Waals surface area contributed by atoms with Gasteiger partial charge in [-0.1, -0.05) is 6.07 Å². The Labute approximate surface area is 151 Å². The van der Waals surface area contributed by atoms with E-state index in [0.29, 0.717) is 37.3 Å². The minimum atomic E-state index is 0.114. The van der Waals surface area contributed by atoms with E-state index in [1.807, 2.05) is 23.1 Å². The second kappa shape index (κ2) is 5.99. The predicted octanol–water partition coefficient (Wildman–Crippen LogP) is 1.64. The number of pyridine rings is 1. The molecule has 1 aliphatic carbocycles. The summed E-state index contributed by atoms with van der Waals surface area (Å²) in [5, 5.41) is 13.8. The van der Waals surface area contributed by atoms with Crippen molar-refractivity contribution in [2.24, 2.45) is 17.8 Å². The Morgan fingerprint density at radius 3 is 2.88 bits per heavy atom. The maximum Gasteiger partial charge on any atom is 0.226 e. The number of hydrogen-bond donors (Lipinski definition) is 2. The van der Waals surface area contributed by atoms with E-state index in [9.17, 15) is 9.90 Å². The van der Waals surface area contributed by atoms with Gasteiger partial charge >= 0.3 is 0 Å². The van der Waals surface area contributed by atoms with Gasteiger partial charge in [0.25, 0.3) is 0 Å². The zero-order valence-electron chi connectivity index (χ0n) is 14.4. The SMILES string of the molecule is O=C(C1[C@H]2CNC[C@@H]12)N1CCOc2c(O)cc(-c3cccnc3)cc2C1. The van der Waals surface area contributed by atoms with Crippen molar-refractivity contribution in [3.8, 4) is 22.6 Å². The van der Waals surface area contributed by atoms with E-state index in [1.165, 1.54) is 0 Å². The number of aromatic hydroxyl groups is 1. The average Bonchev–Trinajstić information content (AvgIpc) is 3.24. The van der Waals surface area contributed by atoms with E-state index in [0.717, 1.165) is 29.8 Å². The van der Waals surface area contributed by atoms with Crippen molar-refractivity contribution in [1.82, 2.24) is 15.2 Å². The van der Waals surface area contributed by atoms with Crippen molar-refractivity contribution < 1.29 is 14.6 Å². The standard InChI is InChI=1S/C20H21N3O3/c24-17-7-13(12-2-1-3-21-8-12)6-14-11-23(4-5-26-19(14)17)20(25)18-15-9-22-10-16(15)18/h1-3,6-8,15-16,18,22,24H,4-5,9-11H2/t15-,16+,18?. The smallest absolute Gasteiger partial charge is 0.226 e. The minimum absolute atomic E-state index is 0.114. The molecule has 2 fully saturated rings. The number of aromatic nitrogens is 1. The molecule has 0 bridgehead atoms. The monoisotopic (exact) mass is 351 g/mol. The van der Waals surface area contributed by atoms with Crippen LogP contribution in [-0.2, 0) is 11.3 Å². The Kier molecular flexibility index (Phi) is 3.60. The Morgan fingerprint density at radius 2 is 2.12 bits per heavy atom. The Balaban J connectivity index is 1.44. The molecule has 3 heterocycles. The van der Waals surface area contributed by atoms with Gasteiger partial charge in [-0.15, -0.1) is 0 Å². The summed E-state index contributed by atoms with van der Waals surface area (Å²) in [4.78, 5) is 19.0. The molecule has 6 heteroatoms. The van der Waals surface area contributed by atoms with Crippen LogP contribution in [0.1, 0.15) is 5.56 Å². The van der Waals surface area contributed by atoms with Crippen molar-refractivity contribution in [3.63, 3.8) is 0 Å². The highest BCUT2D eigenvalue weighted by molar-refractivity contribution is 5.83. The van der Waals surface area contributed by atoms with Gasteiger partial charge in [-0.3, -0.25) is 9.78 Å². The second-order valence-corrected chi connectivity index (χ2v) is 7.35. The molecule has 134 valence electrons. The number of carbonyl (C=O) groups is 1. The van der Waals surface area contributed by atoms with Crippen LogP contribution in [0.2, 0.25) is 0 Å². The van der Waals surface area contributed by atoms with Crippen LogP contribution in [0.15, 0.2) is 36.7 Å². The van der Waals surface area contributed by atoms with Crippen LogP contribution in [0.3, 0.4) is 0 Å². The second-order valence-electron chi connectivity index (χ2n) is 7.35. The summed E-state index contributed by atoms with van der Waals surface area (Å²) in [5.74, 6) is 1.99. The summed E-state index contributed by atoms with van der Waals surface area (Å²) in [6, 6.07) is 7.51. The molecule has 0 spiro atoms. The van der Waals surface area contributed by atoms with Crippen LogP contribution in [-0.4, -0.2) is 47.1 Å². The molecule has 3 atom stereocenters.